The highest BCUT2D eigenvalue weighted by molar-refractivity contribution is 7.67. The molecule has 6 atom stereocenters. The first-order valence-electron chi connectivity index (χ1n) is 32.6. The lowest BCUT2D eigenvalue weighted by Gasteiger charge is -2.28. The Labute approximate surface area is 478 Å². The molecule has 15 nitrogen and oxygen atoms in total. The fourth-order valence-electron chi connectivity index (χ4n) is 9.73. The van der Waals surface area contributed by atoms with Crippen LogP contribution in [0, 0.1) is 0 Å². The maximum absolute atomic E-state index is 14.4. The molecule has 0 aromatic rings. The van der Waals surface area contributed by atoms with E-state index in [-0.39, 0.29) is 19.8 Å². The first kappa shape index (κ1) is 78.2. The summed E-state index contributed by atoms with van der Waals surface area (Å²) in [6.45, 7) is 4.16. The molecule has 0 aromatic heterocycles. The summed E-state index contributed by atoms with van der Waals surface area (Å²) in [5.41, 5.74) is 0. The molecule has 0 radical (unpaired) electrons. The van der Waals surface area contributed by atoms with Gasteiger partial charge < -0.3 is 30.4 Å². The molecule has 78 heavy (non-hydrogen) atoms. The fraction of sp³-hybridized carbons (Fsp3) is 1.00. The van der Waals surface area contributed by atoms with E-state index in [2.05, 4.69) is 20.8 Å². The van der Waals surface area contributed by atoms with Crippen LogP contribution in [0.1, 0.15) is 329 Å². The maximum atomic E-state index is 14.4. The van der Waals surface area contributed by atoms with Gasteiger partial charge in [0.05, 0.1) is 33.0 Å². The monoisotopic (exact) mass is 1180 g/mol. The summed E-state index contributed by atoms with van der Waals surface area (Å²) < 4.78 is 74.1. The van der Waals surface area contributed by atoms with Crippen LogP contribution in [0.3, 0.4) is 0 Å². The molecular formula is C60H125O15P3. The summed E-state index contributed by atoms with van der Waals surface area (Å²) in [7, 11) is -15.6. The minimum absolute atomic E-state index is 0.117. The summed E-state index contributed by atoms with van der Waals surface area (Å²) in [4.78, 5) is 10.8. The van der Waals surface area contributed by atoms with Gasteiger partial charge in [-0.05, 0) is 19.3 Å². The summed E-state index contributed by atoms with van der Waals surface area (Å²) in [5.74, 6) is 0. The number of hydrogen-bond donors (Lipinski definition) is 6. The molecule has 6 N–H and O–H groups in total. The highest BCUT2D eigenvalue weighted by Crippen LogP contribution is 2.72. The van der Waals surface area contributed by atoms with Crippen molar-refractivity contribution in [2.45, 2.75) is 353 Å². The Morgan fingerprint density at radius 1 is 0.295 bits per heavy atom. The standard InChI is InChI=1S/C60H125O15P3/c1-4-7-10-13-16-19-22-25-28-31-34-37-40-43-46-49-52-70-76(66,67)74-78(69,73-56-58(63)60(65)59(64)57(62)55-61)75-77(68,71-53-50-47-44-41-38-35-32-29-26-23-20-17-14-11-8-5-2)72-54-51-48-45-42-39-36-33-30-27-24-21-18-15-12-9-6-3/h57-65H,4-56H2,1-3H3,(H,66,67)/t57-,58-,59-,60-,78?/m1/s1. The van der Waals surface area contributed by atoms with Crippen LogP contribution < -0.4 is 0 Å². The predicted octanol–water partition coefficient (Wildman–Crippen LogP) is 18.6. The lowest BCUT2D eigenvalue weighted by atomic mass is 10.0. The third kappa shape index (κ3) is 50.7. The number of unbranched alkanes of at least 4 members (excludes halogenated alkanes) is 45. The van der Waals surface area contributed by atoms with Crippen LogP contribution in [0.25, 0.3) is 0 Å². The van der Waals surface area contributed by atoms with Crippen molar-refractivity contribution in [3.8, 4) is 0 Å². The molecule has 0 heterocycles. The normalized spacial score (nSPS) is 15.3. The van der Waals surface area contributed by atoms with E-state index in [0.29, 0.717) is 25.7 Å². The van der Waals surface area contributed by atoms with Crippen molar-refractivity contribution >= 4 is 23.5 Å². The van der Waals surface area contributed by atoms with E-state index >= 15 is 0 Å². The molecular weight excluding hydrogens is 1050 g/mol. The molecule has 0 saturated carbocycles. The predicted molar refractivity (Wildman–Crippen MR) is 321 cm³/mol. The van der Waals surface area contributed by atoms with Crippen LogP contribution in [0.2, 0.25) is 0 Å². The minimum atomic E-state index is -5.51. The Bertz CT molecular complexity index is 1360. The van der Waals surface area contributed by atoms with Gasteiger partial charge >= 0.3 is 23.5 Å². The summed E-state index contributed by atoms with van der Waals surface area (Å²) in [6.07, 6.45) is 47.4. The van der Waals surface area contributed by atoms with Gasteiger partial charge in [-0.1, -0.05) is 310 Å². The smallest absolute Gasteiger partial charge is 0.394 e. The zero-order valence-electron chi connectivity index (χ0n) is 50.5. The van der Waals surface area contributed by atoms with E-state index < -0.39 is 61.1 Å². The molecule has 0 aliphatic carbocycles. The van der Waals surface area contributed by atoms with Gasteiger partial charge in [0.2, 0.25) is 0 Å². The third-order valence-corrected chi connectivity index (χ3v) is 20.1. The van der Waals surface area contributed by atoms with Crippen molar-refractivity contribution in [2.24, 2.45) is 0 Å². The molecule has 0 aliphatic heterocycles. The van der Waals surface area contributed by atoms with Crippen LogP contribution in [0.15, 0.2) is 0 Å². The molecule has 0 fully saturated rings. The van der Waals surface area contributed by atoms with Crippen molar-refractivity contribution in [2.75, 3.05) is 33.0 Å². The number of phosphoric ester groups is 2. The molecule has 0 amide bonds. The number of aliphatic hydroxyl groups excluding tert-OH is 5. The summed E-state index contributed by atoms with van der Waals surface area (Å²) >= 11 is 0. The zero-order chi connectivity index (χ0) is 57.5. The lowest BCUT2D eigenvalue weighted by Crippen LogP contribution is -2.47. The van der Waals surface area contributed by atoms with E-state index in [1.54, 1.807) is 0 Å². The average molecular weight is 1180 g/mol. The fourth-order valence-corrected chi connectivity index (χ4v) is 14.5. The van der Waals surface area contributed by atoms with E-state index in [4.69, 9.17) is 26.7 Å². The zero-order valence-corrected chi connectivity index (χ0v) is 53.2. The third-order valence-electron chi connectivity index (χ3n) is 14.9. The molecule has 18 heteroatoms. The SMILES string of the molecule is CCCCCCCCCCCCCCCCCCOP(=O)(O)OP(=O)(OC[C@@H](O)[C@@H](O)[C@H](O)[C@H](O)CO)OP(=O)(OCCCCCCCCCCCCCCCCCC)OCCCCCCCCCCCCCCCCCC. The van der Waals surface area contributed by atoms with Crippen LogP contribution in [0.5, 0.6) is 0 Å². The van der Waals surface area contributed by atoms with Gasteiger partial charge in [0, 0.05) is 0 Å². The van der Waals surface area contributed by atoms with Gasteiger partial charge in [0.15, 0.2) is 0 Å². The minimum Gasteiger partial charge on any atom is -0.394 e. The van der Waals surface area contributed by atoms with Crippen LogP contribution >= 0.6 is 23.5 Å². The molecule has 2 unspecified atom stereocenters. The molecule has 0 spiro atoms. The quantitative estimate of drug-likeness (QED) is 0.0246. The van der Waals surface area contributed by atoms with E-state index in [9.17, 15) is 44.1 Å². The maximum Gasteiger partial charge on any atom is 0.492 e. The Balaban J connectivity index is 5.41. The Hall–Kier alpha value is 0.210. The largest absolute Gasteiger partial charge is 0.492 e. The van der Waals surface area contributed by atoms with Gasteiger partial charge in [0.1, 0.15) is 24.4 Å². The molecule has 470 valence electrons. The van der Waals surface area contributed by atoms with Crippen molar-refractivity contribution in [3.05, 3.63) is 0 Å². The Morgan fingerprint density at radius 3 is 0.782 bits per heavy atom. The highest BCUT2D eigenvalue weighted by atomic mass is 31.3. The topological polar surface area (TPSA) is 228 Å². The highest BCUT2D eigenvalue weighted by Gasteiger charge is 2.47. The first-order valence-corrected chi connectivity index (χ1v) is 37.1. The second kappa shape index (κ2) is 56.3. The Kier molecular flexibility index (Phi) is 56.5. The molecule has 0 bridgehead atoms. The van der Waals surface area contributed by atoms with Crippen LogP contribution in [-0.4, -0.2) is 87.9 Å². The summed E-state index contributed by atoms with van der Waals surface area (Å²) in [5, 5.41) is 50.3. The van der Waals surface area contributed by atoms with Gasteiger partial charge in [-0.3, -0.25) is 18.1 Å². The van der Waals surface area contributed by atoms with E-state index in [0.717, 1.165) is 70.6 Å². The molecule has 0 aliphatic rings. The van der Waals surface area contributed by atoms with Gasteiger partial charge in [-0.2, -0.15) is 8.62 Å². The number of hydrogen-bond acceptors (Lipinski definition) is 14. The van der Waals surface area contributed by atoms with E-state index in [1.807, 2.05) is 0 Å². The second-order valence-electron chi connectivity index (χ2n) is 22.5. The molecule has 0 aromatic carbocycles. The lowest BCUT2D eigenvalue weighted by molar-refractivity contribution is -0.122. The van der Waals surface area contributed by atoms with Crippen LogP contribution in [-0.2, 0) is 40.4 Å². The number of aliphatic hydroxyl groups is 5. The second-order valence-corrected chi connectivity index (χ2v) is 27.6. The first-order chi connectivity index (χ1) is 37.8. The van der Waals surface area contributed by atoms with E-state index in [1.165, 1.54) is 212 Å². The number of phosphoric acid groups is 3. The molecule has 0 rings (SSSR count). The van der Waals surface area contributed by atoms with Crippen molar-refractivity contribution in [1.29, 1.82) is 0 Å². The van der Waals surface area contributed by atoms with Crippen molar-refractivity contribution < 1.29 is 70.8 Å². The average Bonchev–Trinajstić information content (AvgIpc) is 3.42. The summed E-state index contributed by atoms with van der Waals surface area (Å²) in [6, 6.07) is 0. The van der Waals surface area contributed by atoms with Gasteiger partial charge in [0.25, 0.3) is 0 Å². The molecule has 0 saturated heterocycles. The van der Waals surface area contributed by atoms with Gasteiger partial charge in [-0.25, -0.2) is 13.7 Å². The van der Waals surface area contributed by atoms with Crippen molar-refractivity contribution in [3.63, 3.8) is 0 Å². The number of rotatable bonds is 65. The van der Waals surface area contributed by atoms with Crippen molar-refractivity contribution in [1.82, 2.24) is 0 Å². The van der Waals surface area contributed by atoms with Gasteiger partial charge in [-0.15, -0.1) is 0 Å². The Morgan fingerprint density at radius 2 is 0.526 bits per heavy atom. The van der Waals surface area contributed by atoms with Crippen LogP contribution in [0.4, 0.5) is 0 Å².